The van der Waals surface area contributed by atoms with E-state index >= 15 is 0 Å². The molecule has 0 aromatic heterocycles. The molecule has 2 unspecified atom stereocenters. The number of nitrogens with zero attached hydrogens (tertiary/aromatic N) is 2. The van der Waals surface area contributed by atoms with Gasteiger partial charge >= 0.3 is 11.9 Å². The van der Waals surface area contributed by atoms with E-state index in [2.05, 4.69) is 26.3 Å². The van der Waals surface area contributed by atoms with E-state index in [1.165, 1.54) is 14.2 Å². The minimum absolute atomic E-state index is 0.0115. The van der Waals surface area contributed by atoms with Crippen LogP contribution in [-0.4, -0.2) is 154 Å². The van der Waals surface area contributed by atoms with E-state index in [4.69, 9.17) is 18.9 Å². The van der Waals surface area contributed by atoms with Gasteiger partial charge in [0.25, 0.3) is 0 Å². The molecule has 0 spiro atoms. The van der Waals surface area contributed by atoms with Crippen LogP contribution in [0.25, 0.3) is 0 Å². The summed E-state index contributed by atoms with van der Waals surface area (Å²) in [5, 5.41) is 67.1. The van der Waals surface area contributed by atoms with Gasteiger partial charge < -0.3 is 59.4 Å². The smallest absolute Gasteiger partial charge is 0.340 e. The zero-order valence-electron chi connectivity index (χ0n) is 41.2. The quantitative estimate of drug-likeness (QED) is 0.0786. The van der Waals surface area contributed by atoms with Gasteiger partial charge in [0.05, 0.1) is 59.6 Å². The normalized spacial score (nSPS) is 37.6. The highest BCUT2D eigenvalue weighted by atomic mass is 16.6. The van der Waals surface area contributed by atoms with Crippen LogP contribution in [0.4, 0.5) is 0 Å². The number of hydrogen-bond acceptors (Lipinski definition) is 16. The molecule has 2 saturated heterocycles. The maximum absolute atomic E-state index is 13.7. The highest BCUT2D eigenvalue weighted by Gasteiger charge is 2.65. The lowest BCUT2D eigenvalue weighted by Crippen LogP contribution is -2.56. The number of ketones is 2. The lowest BCUT2D eigenvalue weighted by atomic mass is 9.53. The molecule has 6 N–H and O–H groups in total. The predicted molar refractivity (Wildman–Crippen MR) is 258 cm³/mol. The molecule has 6 aliphatic carbocycles. The third-order valence-corrected chi connectivity index (χ3v) is 16.8. The van der Waals surface area contributed by atoms with Crippen LogP contribution in [0.15, 0.2) is 119 Å². The van der Waals surface area contributed by atoms with E-state index in [1.807, 2.05) is 13.8 Å². The van der Waals surface area contributed by atoms with E-state index in [0.29, 0.717) is 74.2 Å². The number of cyclic esters (lactones) is 2. The van der Waals surface area contributed by atoms with E-state index in [9.17, 15) is 49.8 Å². The lowest BCUT2D eigenvalue weighted by molar-refractivity contribution is -0.158. The van der Waals surface area contributed by atoms with Gasteiger partial charge in [0.1, 0.15) is 12.2 Å². The summed E-state index contributed by atoms with van der Waals surface area (Å²) in [7, 11) is 2.96. The first-order valence-corrected chi connectivity index (χ1v) is 24.1. The van der Waals surface area contributed by atoms with Crippen LogP contribution >= 0.6 is 0 Å². The van der Waals surface area contributed by atoms with Gasteiger partial charge in [-0.1, -0.05) is 38.2 Å². The molecule has 0 amide bonds. The summed E-state index contributed by atoms with van der Waals surface area (Å²) in [6.07, 6.45) is 7.25. The number of ether oxygens (including phenoxy) is 4. The monoisotopic (exact) mass is 970 g/mol. The fourth-order valence-electron chi connectivity index (χ4n) is 13.4. The molecule has 16 nitrogen and oxygen atoms in total. The summed E-state index contributed by atoms with van der Waals surface area (Å²) in [6, 6.07) is 0. The summed E-state index contributed by atoms with van der Waals surface area (Å²) in [5.41, 5.74) is -1.84. The van der Waals surface area contributed by atoms with Crippen molar-refractivity contribution in [3.05, 3.63) is 119 Å². The van der Waals surface area contributed by atoms with Gasteiger partial charge in [0.15, 0.2) is 11.5 Å². The SMILES string of the molecule is C=CCN(/C=C1/C(=O)O[C@H](COC)[C@@]2(C)C1=C(O)C(=O)C1=C2[C@H](O)C[C@]2(C)C(O)CC[C@@H]12)CC=C.C=CCN(/C=C1/C(=O)O[C@H](COC)[C@@]2(C)C1=C(O)C(=O)C1=C2[C@H](O)C[C@]2(C)C(O)CC[C@@H]12)CC=C. The van der Waals surface area contributed by atoms with Crippen molar-refractivity contribution < 1.29 is 68.8 Å². The Kier molecular flexibility index (Phi) is 14.8. The van der Waals surface area contributed by atoms with Gasteiger partial charge in [0.2, 0.25) is 11.6 Å². The molecule has 4 fully saturated rings. The Morgan fingerprint density at radius 1 is 0.586 bits per heavy atom. The molecule has 70 heavy (non-hydrogen) atoms. The number of carbonyl (C=O) groups is 4. The summed E-state index contributed by atoms with van der Waals surface area (Å²) in [6.45, 7) is 23.9. The molecule has 0 bridgehead atoms. The molecule has 0 aromatic rings. The summed E-state index contributed by atoms with van der Waals surface area (Å²) in [5.74, 6) is -4.28. The van der Waals surface area contributed by atoms with Gasteiger partial charge in [-0.05, 0) is 75.4 Å². The van der Waals surface area contributed by atoms with Crippen molar-refractivity contribution in [3.63, 3.8) is 0 Å². The molecule has 0 radical (unpaired) electrons. The van der Waals surface area contributed by atoms with Crippen molar-refractivity contribution in [1.82, 2.24) is 9.80 Å². The zero-order valence-corrected chi connectivity index (χ0v) is 41.2. The molecular formula is C54H70N2O14. The van der Waals surface area contributed by atoms with Gasteiger partial charge in [-0.15, -0.1) is 26.3 Å². The van der Waals surface area contributed by atoms with E-state index in [-0.39, 0.29) is 60.2 Å². The van der Waals surface area contributed by atoms with Crippen LogP contribution in [0, 0.1) is 33.5 Å². The number of aliphatic hydroxyl groups is 6. The summed E-state index contributed by atoms with van der Waals surface area (Å²) in [4.78, 5) is 57.4. The third kappa shape index (κ3) is 7.99. The van der Waals surface area contributed by atoms with Crippen molar-refractivity contribution in [1.29, 1.82) is 0 Å². The number of methoxy groups -OCH3 is 2. The number of rotatable bonds is 14. The second-order valence-corrected chi connectivity index (χ2v) is 20.8. The third-order valence-electron chi connectivity index (χ3n) is 16.8. The highest BCUT2D eigenvalue weighted by molar-refractivity contribution is 6.14. The fraction of sp³-hybridized carbons (Fsp3) is 0.556. The Hall–Kier alpha value is -5.36. The molecular weight excluding hydrogens is 901 g/mol. The second-order valence-electron chi connectivity index (χ2n) is 20.8. The van der Waals surface area contributed by atoms with Crippen molar-refractivity contribution in [2.45, 2.75) is 103 Å². The van der Waals surface area contributed by atoms with Gasteiger partial charge in [-0.2, -0.15) is 0 Å². The molecule has 0 aromatic carbocycles. The standard InChI is InChI=1S/2C27H35NO7/c2*1-6-10-28(11-7-2)13-15-21-24(32)23(31)20-16-8-9-18(30)26(16,3)12-17(29)22(20)27(21,4)19(14-34-5)35-25(15)33/h2*6-7,13,16-19,29-30,32H,1-2,8-12,14H2,3-5H3/b2*15-13+/t2*16-,17+,18?,19+,26-,27-/m00/s1. The van der Waals surface area contributed by atoms with Crippen LogP contribution in [0.2, 0.25) is 0 Å². The number of allylic oxidation sites excluding steroid dienone is 2. The van der Waals surface area contributed by atoms with Crippen molar-refractivity contribution in [2.24, 2.45) is 33.5 Å². The summed E-state index contributed by atoms with van der Waals surface area (Å²) < 4.78 is 22.4. The first-order chi connectivity index (χ1) is 33.1. The number of Topliss-reactive ketones (excluding diaryl/α,β-unsaturated/α-hetero) is 2. The van der Waals surface area contributed by atoms with Crippen LogP contribution in [0.1, 0.15) is 66.2 Å². The molecule has 2 saturated carbocycles. The fourth-order valence-corrected chi connectivity index (χ4v) is 13.4. The largest absolute Gasteiger partial charge is 0.504 e. The second kappa shape index (κ2) is 19.7. The number of carbonyl (C=O) groups excluding carboxylic acids is 4. The Balaban J connectivity index is 0.000000206. The Morgan fingerprint density at radius 2 is 0.914 bits per heavy atom. The van der Waals surface area contributed by atoms with Gasteiger partial charge in [-0.25, -0.2) is 9.59 Å². The topological polar surface area (TPSA) is 233 Å². The maximum Gasteiger partial charge on any atom is 0.340 e. The summed E-state index contributed by atoms with van der Waals surface area (Å²) >= 11 is 0. The molecule has 2 aliphatic heterocycles. The number of aliphatic hydroxyl groups excluding tert-OH is 6. The minimum Gasteiger partial charge on any atom is -0.504 e. The average molecular weight is 971 g/mol. The number of hydrogen-bond donors (Lipinski definition) is 6. The first kappa shape index (κ1) is 52.5. The van der Waals surface area contributed by atoms with Gasteiger partial charge in [0, 0.05) is 85.9 Å². The van der Waals surface area contributed by atoms with E-state index in [1.54, 1.807) is 60.4 Å². The Labute approximate surface area is 410 Å². The van der Waals surface area contributed by atoms with Crippen molar-refractivity contribution in [3.8, 4) is 0 Å². The van der Waals surface area contributed by atoms with Crippen molar-refractivity contribution >= 4 is 23.5 Å². The average Bonchev–Trinajstić information content (AvgIpc) is 3.76. The molecule has 8 rings (SSSR count). The molecule has 380 valence electrons. The molecule has 2 heterocycles. The molecule has 16 heteroatoms. The first-order valence-electron chi connectivity index (χ1n) is 24.1. The van der Waals surface area contributed by atoms with E-state index in [0.717, 1.165) is 0 Å². The lowest BCUT2D eigenvalue weighted by Gasteiger charge is -2.53. The van der Waals surface area contributed by atoms with Crippen LogP contribution < -0.4 is 0 Å². The maximum atomic E-state index is 13.7. The number of fused-ring (bicyclic) bond motifs is 8. The van der Waals surface area contributed by atoms with E-state index < -0.39 is 93.3 Å². The Bertz CT molecular complexity index is 2260. The van der Waals surface area contributed by atoms with Crippen LogP contribution in [0.3, 0.4) is 0 Å². The van der Waals surface area contributed by atoms with Crippen molar-refractivity contribution in [2.75, 3.05) is 53.6 Å². The van der Waals surface area contributed by atoms with Gasteiger partial charge in [-0.3, -0.25) is 9.59 Å². The van der Waals surface area contributed by atoms with Crippen LogP contribution in [0.5, 0.6) is 0 Å². The predicted octanol–water partition coefficient (Wildman–Crippen LogP) is 4.71. The molecule has 8 aliphatic rings. The molecule has 12 atom stereocenters. The Morgan fingerprint density at radius 3 is 1.21 bits per heavy atom. The highest BCUT2D eigenvalue weighted by Crippen LogP contribution is 2.64. The minimum atomic E-state index is -1.20. The van der Waals surface area contributed by atoms with Crippen LogP contribution in [-0.2, 0) is 38.1 Å². The zero-order chi connectivity index (χ0) is 51.4. The number of esters is 2.